The normalized spacial score (nSPS) is 11.4. The Morgan fingerprint density at radius 3 is 2.62 bits per heavy atom. The van der Waals surface area contributed by atoms with Gasteiger partial charge < -0.3 is 10.1 Å². The highest BCUT2D eigenvalue weighted by Crippen LogP contribution is 2.28. The van der Waals surface area contributed by atoms with Gasteiger partial charge >= 0.3 is 5.97 Å². The van der Waals surface area contributed by atoms with E-state index in [1.165, 1.54) is 6.08 Å². The number of H-pyrrole nitrogens is 1. The fourth-order valence-electron chi connectivity index (χ4n) is 1.40. The summed E-state index contributed by atoms with van der Waals surface area (Å²) in [6.45, 7) is 0. The van der Waals surface area contributed by atoms with Crippen molar-refractivity contribution in [2.75, 3.05) is 0 Å². The lowest BCUT2D eigenvalue weighted by atomic mass is 10.2. The smallest absolute Gasteiger partial charge is 0.328 e. The van der Waals surface area contributed by atoms with Crippen LogP contribution in [0.5, 0.6) is 0 Å². The first kappa shape index (κ1) is 11.0. The second-order valence-corrected chi connectivity index (χ2v) is 4.06. The summed E-state index contributed by atoms with van der Waals surface area (Å²) in [7, 11) is 0. The molecule has 0 aliphatic carbocycles. The highest BCUT2D eigenvalue weighted by Gasteiger charge is 2.03. The summed E-state index contributed by atoms with van der Waals surface area (Å²) in [4.78, 5) is 13.4. The first-order chi connectivity index (χ1) is 7.56. The van der Waals surface area contributed by atoms with E-state index in [9.17, 15) is 4.79 Å². The minimum Gasteiger partial charge on any atom is -0.478 e. The highest BCUT2D eigenvalue weighted by atomic mass is 35.5. The fraction of sp³-hybridized carbons (Fsp3) is 0. The third kappa shape index (κ3) is 2.21. The van der Waals surface area contributed by atoms with Gasteiger partial charge in [-0.05, 0) is 24.3 Å². The molecule has 0 bridgehead atoms. The summed E-state index contributed by atoms with van der Waals surface area (Å²) in [5.41, 5.74) is 1.51. The molecule has 82 valence electrons. The number of aromatic nitrogens is 1. The zero-order chi connectivity index (χ0) is 11.7. The second-order valence-electron chi connectivity index (χ2n) is 3.25. The maximum absolute atomic E-state index is 10.4. The molecule has 1 heterocycles. The van der Waals surface area contributed by atoms with Gasteiger partial charge in [0, 0.05) is 22.7 Å². The molecule has 0 aliphatic rings. The molecule has 2 aromatic rings. The highest BCUT2D eigenvalue weighted by molar-refractivity contribution is 6.42. The van der Waals surface area contributed by atoms with Crippen molar-refractivity contribution in [2.45, 2.75) is 0 Å². The maximum Gasteiger partial charge on any atom is 0.328 e. The number of rotatable bonds is 2. The van der Waals surface area contributed by atoms with Gasteiger partial charge in [0.15, 0.2) is 0 Å². The molecule has 0 aliphatic heterocycles. The van der Waals surface area contributed by atoms with Gasteiger partial charge in [-0.15, -0.1) is 0 Å². The van der Waals surface area contributed by atoms with E-state index < -0.39 is 5.97 Å². The molecule has 2 rings (SSSR count). The van der Waals surface area contributed by atoms with Gasteiger partial charge in [-0.3, -0.25) is 0 Å². The Kier molecular flexibility index (Phi) is 2.90. The number of hydrogen-bond acceptors (Lipinski definition) is 1. The van der Waals surface area contributed by atoms with E-state index in [2.05, 4.69) is 4.98 Å². The number of nitrogens with one attached hydrogen (secondary N) is 1. The first-order valence-corrected chi connectivity index (χ1v) is 5.20. The zero-order valence-corrected chi connectivity index (χ0v) is 9.51. The number of fused-ring (bicyclic) bond motifs is 1. The molecule has 0 unspecified atom stereocenters. The minimum atomic E-state index is -0.991. The van der Waals surface area contributed by atoms with E-state index in [0.717, 1.165) is 17.0 Å². The van der Waals surface area contributed by atoms with Gasteiger partial charge in [0.1, 0.15) is 0 Å². The molecular formula is C11H7Cl2NO2. The molecule has 0 amide bonds. The molecule has 1 aromatic heterocycles. The van der Waals surface area contributed by atoms with E-state index in [1.54, 1.807) is 18.2 Å². The number of halogens is 2. The quantitative estimate of drug-likeness (QED) is 0.807. The third-order valence-corrected chi connectivity index (χ3v) is 2.81. The molecule has 16 heavy (non-hydrogen) atoms. The number of aromatic amines is 1. The Morgan fingerprint density at radius 1 is 1.25 bits per heavy atom. The number of carboxylic acid groups (broad SMARTS) is 1. The Morgan fingerprint density at radius 2 is 1.94 bits per heavy atom. The van der Waals surface area contributed by atoms with Crippen LogP contribution in [0.15, 0.2) is 24.3 Å². The number of carbonyl (C=O) groups is 1. The molecule has 1 aromatic carbocycles. The van der Waals surface area contributed by atoms with Crippen molar-refractivity contribution in [3.63, 3.8) is 0 Å². The monoisotopic (exact) mass is 255 g/mol. The lowest BCUT2D eigenvalue weighted by molar-refractivity contribution is -0.131. The lowest BCUT2D eigenvalue weighted by Gasteiger charge is -1.94. The van der Waals surface area contributed by atoms with Crippen LogP contribution in [0.3, 0.4) is 0 Å². The van der Waals surface area contributed by atoms with Crippen LogP contribution >= 0.6 is 23.2 Å². The Hall–Kier alpha value is -1.45. The average Bonchev–Trinajstić information content (AvgIpc) is 2.58. The van der Waals surface area contributed by atoms with Crippen LogP contribution in [0.25, 0.3) is 17.0 Å². The molecule has 0 saturated carbocycles. The Bertz CT molecular complexity index is 548. The van der Waals surface area contributed by atoms with Gasteiger partial charge in [-0.25, -0.2) is 4.79 Å². The van der Waals surface area contributed by atoms with E-state index in [0.29, 0.717) is 15.7 Å². The second kappa shape index (κ2) is 4.20. The van der Waals surface area contributed by atoms with Gasteiger partial charge in [-0.1, -0.05) is 23.2 Å². The van der Waals surface area contributed by atoms with Gasteiger partial charge in [0.25, 0.3) is 0 Å². The van der Waals surface area contributed by atoms with E-state index >= 15 is 0 Å². The SMILES string of the molecule is O=C(O)/C=C/c1cc2cc(Cl)c(Cl)cc2[nH]1. The van der Waals surface area contributed by atoms with Crippen molar-refractivity contribution in [3.8, 4) is 0 Å². The molecule has 3 nitrogen and oxygen atoms in total. The van der Waals surface area contributed by atoms with Crippen molar-refractivity contribution < 1.29 is 9.90 Å². The van der Waals surface area contributed by atoms with Crippen molar-refractivity contribution in [3.05, 3.63) is 40.0 Å². The summed E-state index contributed by atoms with van der Waals surface area (Å²) in [6, 6.07) is 5.24. The first-order valence-electron chi connectivity index (χ1n) is 4.45. The van der Waals surface area contributed by atoms with Crippen LogP contribution in [-0.4, -0.2) is 16.1 Å². The summed E-state index contributed by atoms with van der Waals surface area (Å²) in [5, 5.41) is 10.3. The summed E-state index contributed by atoms with van der Waals surface area (Å²) < 4.78 is 0. The largest absolute Gasteiger partial charge is 0.478 e. The summed E-state index contributed by atoms with van der Waals surface area (Å²) >= 11 is 11.7. The Balaban J connectivity index is 2.48. The van der Waals surface area contributed by atoms with E-state index in [4.69, 9.17) is 28.3 Å². The number of carboxylic acids is 1. The molecule has 0 radical (unpaired) electrons. The van der Waals surface area contributed by atoms with Crippen molar-refractivity contribution in [1.29, 1.82) is 0 Å². The zero-order valence-electron chi connectivity index (χ0n) is 8.00. The van der Waals surface area contributed by atoms with Crippen molar-refractivity contribution >= 4 is 46.2 Å². The third-order valence-electron chi connectivity index (χ3n) is 2.09. The van der Waals surface area contributed by atoms with Crippen LogP contribution < -0.4 is 0 Å². The molecule has 0 atom stereocenters. The topological polar surface area (TPSA) is 53.1 Å². The summed E-state index contributed by atoms with van der Waals surface area (Å²) in [5.74, 6) is -0.991. The van der Waals surface area contributed by atoms with Crippen molar-refractivity contribution in [2.24, 2.45) is 0 Å². The van der Waals surface area contributed by atoms with Crippen LogP contribution in [-0.2, 0) is 4.79 Å². The van der Waals surface area contributed by atoms with Gasteiger partial charge in [0.05, 0.1) is 10.0 Å². The number of benzene rings is 1. The van der Waals surface area contributed by atoms with Crippen LogP contribution in [0.4, 0.5) is 0 Å². The predicted molar refractivity (Wildman–Crippen MR) is 65.0 cm³/mol. The minimum absolute atomic E-state index is 0.463. The lowest BCUT2D eigenvalue weighted by Crippen LogP contribution is -1.85. The molecule has 0 saturated heterocycles. The number of hydrogen-bond donors (Lipinski definition) is 2. The van der Waals surface area contributed by atoms with Crippen molar-refractivity contribution in [1.82, 2.24) is 4.98 Å². The van der Waals surface area contributed by atoms with E-state index in [1.807, 2.05) is 0 Å². The molecule has 0 spiro atoms. The molecule has 0 fully saturated rings. The average molecular weight is 256 g/mol. The fourth-order valence-corrected chi connectivity index (χ4v) is 1.74. The standard InChI is InChI=1S/C11H7Cl2NO2/c12-8-4-6-3-7(1-2-11(15)16)14-10(6)5-9(8)13/h1-5,14H,(H,15,16)/b2-1+. The Labute approximate surface area is 101 Å². The molecular weight excluding hydrogens is 249 g/mol. The van der Waals surface area contributed by atoms with Gasteiger partial charge in [-0.2, -0.15) is 0 Å². The predicted octanol–water partition coefficient (Wildman–Crippen LogP) is 3.57. The van der Waals surface area contributed by atoms with Gasteiger partial charge in [0.2, 0.25) is 0 Å². The van der Waals surface area contributed by atoms with E-state index in [-0.39, 0.29) is 0 Å². The van der Waals surface area contributed by atoms with Crippen LogP contribution in [0, 0.1) is 0 Å². The molecule has 2 N–H and O–H groups in total. The van der Waals surface area contributed by atoms with Crippen LogP contribution in [0.1, 0.15) is 5.69 Å². The van der Waals surface area contributed by atoms with Crippen LogP contribution in [0.2, 0.25) is 10.0 Å². The number of aliphatic carboxylic acids is 1. The maximum atomic E-state index is 10.4. The molecule has 5 heteroatoms. The summed E-state index contributed by atoms with van der Waals surface area (Å²) in [6.07, 6.45) is 2.54.